The molecule has 0 spiro atoms. The van der Waals surface area contributed by atoms with Gasteiger partial charge in [-0.05, 0) is 25.2 Å². The van der Waals surface area contributed by atoms with Crippen molar-refractivity contribution in [3.63, 3.8) is 0 Å². The molecule has 1 heterocycles. The van der Waals surface area contributed by atoms with Crippen LogP contribution < -0.4 is 10.6 Å². The van der Waals surface area contributed by atoms with Crippen molar-refractivity contribution in [3.05, 3.63) is 0 Å². The second-order valence-electron chi connectivity index (χ2n) is 8.45. The minimum Gasteiger partial charge on any atom is -0.383 e. The Hall–Kier alpha value is -1.34. The summed E-state index contributed by atoms with van der Waals surface area (Å²) in [5.74, 6) is 2.96. The van der Waals surface area contributed by atoms with Gasteiger partial charge in [0.1, 0.15) is 0 Å². The Labute approximate surface area is 170 Å². The zero-order valence-electron chi connectivity index (χ0n) is 17.8. The molecule has 2 N–H and O–H groups in total. The number of ether oxygens (including phenoxy) is 1. The van der Waals surface area contributed by atoms with E-state index in [1.54, 1.807) is 7.11 Å². The molecular formula is C21H39N5O2. The lowest BCUT2D eigenvalue weighted by Crippen LogP contribution is -2.54. The third-order valence-electron chi connectivity index (χ3n) is 6.38. The maximum Gasteiger partial charge on any atom is 0.234 e. The van der Waals surface area contributed by atoms with Crippen molar-refractivity contribution in [2.75, 3.05) is 59.5 Å². The maximum atomic E-state index is 12.0. The van der Waals surface area contributed by atoms with Gasteiger partial charge in [-0.2, -0.15) is 0 Å². The molecule has 2 atom stereocenters. The van der Waals surface area contributed by atoms with Gasteiger partial charge in [0.25, 0.3) is 0 Å². The fourth-order valence-electron chi connectivity index (χ4n) is 4.69. The summed E-state index contributed by atoms with van der Waals surface area (Å²) in [6.45, 7) is 8.19. The minimum absolute atomic E-state index is 0.0828. The van der Waals surface area contributed by atoms with E-state index in [0.29, 0.717) is 25.7 Å². The largest absolute Gasteiger partial charge is 0.383 e. The molecule has 0 aromatic rings. The zero-order chi connectivity index (χ0) is 19.8. The second-order valence-corrected chi connectivity index (χ2v) is 8.45. The number of aliphatic imine (C=N–C) groups is 1. The van der Waals surface area contributed by atoms with Gasteiger partial charge in [0.05, 0.1) is 13.2 Å². The number of piperazine rings is 1. The average Bonchev–Trinajstić information content (AvgIpc) is 3.48. The molecule has 7 heteroatoms. The van der Waals surface area contributed by atoms with Gasteiger partial charge in [0, 0.05) is 52.4 Å². The summed E-state index contributed by atoms with van der Waals surface area (Å²) in [4.78, 5) is 21.3. The fourth-order valence-corrected chi connectivity index (χ4v) is 4.69. The number of amides is 1. The first-order valence-electron chi connectivity index (χ1n) is 11.2. The van der Waals surface area contributed by atoms with Gasteiger partial charge < -0.3 is 20.3 Å². The first kappa shape index (κ1) is 21.4. The van der Waals surface area contributed by atoms with Crippen molar-refractivity contribution in [1.29, 1.82) is 0 Å². The van der Waals surface area contributed by atoms with Gasteiger partial charge in [-0.1, -0.05) is 32.1 Å². The molecule has 1 amide bonds. The van der Waals surface area contributed by atoms with Crippen LogP contribution in [0.5, 0.6) is 0 Å². The highest BCUT2D eigenvalue weighted by Crippen LogP contribution is 2.44. The molecule has 0 aromatic carbocycles. The van der Waals surface area contributed by atoms with E-state index >= 15 is 0 Å². The highest BCUT2D eigenvalue weighted by atomic mass is 16.5. The van der Waals surface area contributed by atoms with E-state index < -0.39 is 0 Å². The van der Waals surface area contributed by atoms with Crippen molar-refractivity contribution in [1.82, 2.24) is 20.4 Å². The Morgan fingerprint density at radius 3 is 2.57 bits per heavy atom. The SMILES string of the molecule is CCN=C(NC1CC1C1CCCCC1)N1CCN(CC(=O)NCCOC)CC1. The fraction of sp³-hybridized carbons (Fsp3) is 0.905. The number of nitrogens with one attached hydrogen (secondary N) is 2. The number of carbonyl (C=O) groups is 1. The standard InChI is InChI=1S/C21H39N5O2/c1-3-22-21(24-19-15-18(19)17-7-5-4-6-8-17)26-12-10-25(11-13-26)16-20(27)23-9-14-28-2/h17-19H,3-16H2,1-2H3,(H,22,24)(H,23,27). The van der Waals surface area contributed by atoms with Gasteiger partial charge in [0.2, 0.25) is 5.91 Å². The van der Waals surface area contributed by atoms with Crippen LogP contribution in [0.25, 0.3) is 0 Å². The van der Waals surface area contributed by atoms with Crippen LogP contribution in [0.2, 0.25) is 0 Å². The Balaban J connectivity index is 1.40. The van der Waals surface area contributed by atoms with Crippen LogP contribution >= 0.6 is 0 Å². The van der Waals surface area contributed by atoms with E-state index in [9.17, 15) is 4.79 Å². The number of methoxy groups -OCH3 is 1. The van der Waals surface area contributed by atoms with Crippen LogP contribution in [-0.4, -0.2) is 87.2 Å². The number of rotatable bonds is 8. The van der Waals surface area contributed by atoms with Crippen LogP contribution in [0.15, 0.2) is 4.99 Å². The molecule has 3 fully saturated rings. The molecular weight excluding hydrogens is 354 g/mol. The first-order valence-corrected chi connectivity index (χ1v) is 11.2. The number of hydrogen-bond donors (Lipinski definition) is 2. The monoisotopic (exact) mass is 393 g/mol. The van der Waals surface area contributed by atoms with E-state index in [2.05, 4.69) is 27.4 Å². The van der Waals surface area contributed by atoms with E-state index in [1.165, 1.54) is 38.5 Å². The zero-order valence-corrected chi connectivity index (χ0v) is 17.8. The van der Waals surface area contributed by atoms with Gasteiger partial charge >= 0.3 is 0 Å². The lowest BCUT2D eigenvalue weighted by atomic mass is 9.85. The van der Waals surface area contributed by atoms with Crippen LogP contribution in [0.1, 0.15) is 45.4 Å². The lowest BCUT2D eigenvalue weighted by molar-refractivity contribution is -0.122. The number of hydrogen-bond acceptors (Lipinski definition) is 4. The predicted molar refractivity (Wildman–Crippen MR) is 112 cm³/mol. The molecule has 7 nitrogen and oxygen atoms in total. The smallest absolute Gasteiger partial charge is 0.234 e. The molecule has 0 radical (unpaired) electrons. The Kier molecular flexibility index (Phi) is 8.40. The number of nitrogens with zero attached hydrogens (tertiary/aromatic N) is 3. The molecule has 0 aromatic heterocycles. The summed E-state index contributed by atoms with van der Waals surface area (Å²) in [6.07, 6.45) is 8.44. The summed E-state index contributed by atoms with van der Waals surface area (Å²) in [7, 11) is 1.65. The quantitative estimate of drug-likeness (QED) is 0.370. The average molecular weight is 394 g/mol. The van der Waals surface area contributed by atoms with E-state index in [4.69, 9.17) is 9.73 Å². The molecule has 28 heavy (non-hydrogen) atoms. The molecule has 2 saturated carbocycles. The molecule has 1 aliphatic heterocycles. The van der Waals surface area contributed by atoms with Crippen molar-refractivity contribution in [3.8, 4) is 0 Å². The van der Waals surface area contributed by atoms with Crippen molar-refractivity contribution in [2.45, 2.75) is 51.5 Å². The van der Waals surface area contributed by atoms with Gasteiger partial charge in [-0.25, -0.2) is 0 Å². The normalized spacial score (nSPS) is 26.9. The lowest BCUT2D eigenvalue weighted by Gasteiger charge is -2.36. The third-order valence-corrected chi connectivity index (χ3v) is 6.38. The molecule has 3 aliphatic rings. The summed E-state index contributed by atoms with van der Waals surface area (Å²) in [5.41, 5.74) is 0. The van der Waals surface area contributed by atoms with Crippen LogP contribution in [0.3, 0.4) is 0 Å². The molecule has 160 valence electrons. The van der Waals surface area contributed by atoms with Gasteiger partial charge in [-0.3, -0.25) is 14.7 Å². The highest BCUT2D eigenvalue weighted by Gasteiger charge is 2.44. The molecule has 2 unspecified atom stereocenters. The topological polar surface area (TPSA) is 69.2 Å². The highest BCUT2D eigenvalue weighted by molar-refractivity contribution is 5.81. The van der Waals surface area contributed by atoms with Gasteiger partial charge in [0.15, 0.2) is 5.96 Å². The maximum absolute atomic E-state index is 12.0. The van der Waals surface area contributed by atoms with Crippen LogP contribution in [-0.2, 0) is 9.53 Å². The van der Waals surface area contributed by atoms with Crippen molar-refractivity contribution >= 4 is 11.9 Å². The Morgan fingerprint density at radius 2 is 1.89 bits per heavy atom. The first-order chi connectivity index (χ1) is 13.7. The van der Waals surface area contributed by atoms with Gasteiger partial charge in [-0.15, -0.1) is 0 Å². The second kappa shape index (κ2) is 11.0. The minimum atomic E-state index is 0.0828. The summed E-state index contributed by atoms with van der Waals surface area (Å²) >= 11 is 0. The van der Waals surface area contributed by atoms with Crippen LogP contribution in [0.4, 0.5) is 0 Å². The molecule has 1 saturated heterocycles. The van der Waals surface area contributed by atoms with E-state index in [0.717, 1.165) is 50.5 Å². The Bertz CT molecular complexity index is 513. The van der Waals surface area contributed by atoms with Crippen molar-refractivity contribution < 1.29 is 9.53 Å². The van der Waals surface area contributed by atoms with Crippen LogP contribution in [0, 0.1) is 11.8 Å². The number of carbonyl (C=O) groups excluding carboxylic acids is 1. The van der Waals surface area contributed by atoms with E-state index in [1.807, 2.05) is 0 Å². The molecule has 0 bridgehead atoms. The van der Waals surface area contributed by atoms with Crippen molar-refractivity contribution in [2.24, 2.45) is 16.8 Å². The molecule has 2 aliphatic carbocycles. The summed E-state index contributed by atoms with van der Waals surface area (Å²) < 4.78 is 4.97. The molecule has 3 rings (SSSR count). The number of guanidine groups is 1. The predicted octanol–water partition coefficient (Wildman–Crippen LogP) is 1.30. The summed E-state index contributed by atoms with van der Waals surface area (Å²) in [6, 6.07) is 0.623. The Morgan fingerprint density at radius 1 is 1.14 bits per heavy atom. The van der Waals surface area contributed by atoms with E-state index in [-0.39, 0.29) is 5.91 Å². The summed E-state index contributed by atoms with van der Waals surface area (Å²) in [5, 5.41) is 6.66. The third kappa shape index (κ3) is 6.34.